The summed E-state index contributed by atoms with van der Waals surface area (Å²) in [6, 6.07) is 1.55. The zero-order chi connectivity index (χ0) is 33.5. The number of hydrogen-bond donors (Lipinski definition) is 3. The summed E-state index contributed by atoms with van der Waals surface area (Å²) in [7, 11) is 0. The summed E-state index contributed by atoms with van der Waals surface area (Å²) in [4.78, 5) is 69.3. The average Bonchev–Trinajstić information content (AvgIpc) is 3.40. The molecule has 3 N–H and O–H groups in total. The van der Waals surface area contributed by atoms with Crippen molar-refractivity contribution in [3.8, 4) is 11.5 Å². The quantitative estimate of drug-likeness (QED) is 0.411. The third-order valence-corrected chi connectivity index (χ3v) is 9.29. The Kier molecular flexibility index (Phi) is 8.70. The standard InChI is InChI=1S/C33H42N4O10/c1-32(2,3)47-30(42)34-23-10-8-6-4-5-7-9-20-14-33(20,29(40)41)35-27(38)24-13-21(16-37(24)28(23)39)46-31(43)36-15-19-11-12-25-26(22(19)17-36)45-18-44-25/h7,9,11-12,20-21,23-24H,4-6,8,10,13-18H2,1-3H3,(H,34,42)(H,35,38)(H,40,41)/b9-7-/t20-,21-,23+,24?,33-/m1/s1. The highest BCUT2D eigenvalue weighted by atomic mass is 16.7. The fourth-order valence-corrected chi connectivity index (χ4v) is 6.79. The number of alkyl carbamates (subject to hydrolysis) is 1. The van der Waals surface area contributed by atoms with Crippen LogP contribution in [-0.4, -0.2) is 87.5 Å². The number of carboxylic acid groups (broad SMARTS) is 1. The zero-order valence-corrected chi connectivity index (χ0v) is 26.9. The lowest BCUT2D eigenvalue weighted by atomic mass is 10.0. The Morgan fingerprint density at radius 1 is 1.11 bits per heavy atom. The minimum absolute atomic E-state index is 0.0359. The number of nitrogens with one attached hydrogen (secondary N) is 2. The minimum atomic E-state index is -1.47. The highest BCUT2D eigenvalue weighted by Gasteiger charge is 2.61. The second-order valence-electron chi connectivity index (χ2n) is 13.9. The third-order valence-electron chi connectivity index (χ3n) is 9.29. The second-order valence-corrected chi connectivity index (χ2v) is 13.9. The van der Waals surface area contributed by atoms with E-state index < -0.39 is 59.3 Å². The maximum absolute atomic E-state index is 14.1. The van der Waals surface area contributed by atoms with Crippen LogP contribution in [0.2, 0.25) is 0 Å². The molecule has 254 valence electrons. The van der Waals surface area contributed by atoms with E-state index in [1.54, 1.807) is 26.8 Å². The van der Waals surface area contributed by atoms with Gasteiger partial charge < -0.3 is 39.6 Å². The van der Waals surface area contributed by atoms with Gasteiger partial charge >= 0.3 is 18.2 Å². The molecule has 14 heteroatoms. The van der Waals surface area contributed by atoms with Gasteiger partial charge in [-0.2, -0.15) is 0 Å². The number of nitrogens with zero attached hydrogens (tertiary/aromatic N) is 2. The van der Waals surface area contributed by atoms with Crippen molar-refractivity contribution >= 4 is 30.0 Å². The van der Waals surface area contributed by atoms with Gasteiger partial charge in [0.1, 0.15) is 29.3 Å². The molecule has 1 aromatic rings. The maximum atomic E-state index is 14.1. The average molecular weight is 655 g/mol. The van der Waals surface area contributed by atoms with Crippen LogP contribution in [0.15, 0.2) is 24.3 Å². The fraction of sp³-hybridized carbons (Fsp3) is 0.606. The van der Waals surface area contributed by atoms with Crippen LogP contribution in [0.4, 0.5) is 9.59 Å². The molecular weight excluding hydrogens is 612 g/mol. The van der Waals surface area contributed by atoms with Gasteiger partial charge in [-0.3, -0.25) is 14.5 Å². The SMILES string of the molecule is CC(C)(C)OC(=O)N[C@H]1CCCCC/C=C\[C@@H]2C[C@@]2(C(=O)O)NC(=O)C2C[C@@H](OC(=O)N3Cc4ccc5c(c4C3)OCO5)CN2C1=O. The highest BCUT2D eigenvalue weighted by molar-refractivity contribution is 5.96. The van der Waals surface area contributed by atoms with E-state index in [1.165, 1.54) is 9.80 Å². The smallest absolute Gasteiger partial charge is 0.410 e. The first-order valence-corrected chi connectivity index (χ1v) is 16.2. The first-order valence-electron chi connectivity index (χ1n) is 16.2. The molecule has 5 atom stereocenters. The van der Waals surface area contributed by atoms with Gasteiger partial charge in [0.2, 0.25) is 18.6 Å². The molecule has 0 radical (unpaired) electrons. The van der Waals surface area contributed by atoms with Crippen LogP contribution >= 0.6 is 0 Å². The molecule has 5 aliphatic rings. The number of ether oxygens (including phenoxy) is 4. The lowest BCUT2D eigenvalue weighted by molar-refractivity contribution is -0.145. The summed E-state index contributed by atoms with van der Waals surface area (Å²) < 4.78 is 22.4. The number of allylic oxidation sites excluding steroid dienone is 1. The Balaban J connectivity index is 1.21. The van der Waals surface area contributed by atoms with E-state index in [2.05, 4.69) is 10.6 Å². The highest BCUT2D eigenvalue weighted by Crippen LogP contribution is 2.46. The molecule has 1 aromatic carbocycles. The molecule has 4 aliphatic heterocycles. The van der Waals surface area contributed by atoms with Crippen molar-refractivity contribution in [3.63, 3.8) is 0 Å². The van der Waals surface area contributed by atoms with E-state index in [1.807, 2.05) is 18.2 Å². The van der Waals surface area contributed by atoms with Crippen LogP contribution < -0.4 is 20.1 Å². The van der Waals surface area contributed by atoms with Crippen LogP contribution in [-0.2, 0) is 36.9 Å². The summed E-state index contributed by atoms with van der Waals surface area (Å²) in [5.74, 6) is -1.48. The maximum Gasteiger partial charge on any atom is 0.410 e. The zero-order valence-electron chi connectivity index (χ0n) is 26.9. The van der Waals surface area contributed by atoms with Gasteiger partial charge in [0.15, 0.2) is 11.5 Å². The number of benzene rings is 1. The van der Waals surface area contributed by atoms with Gasteiger partial charge in [0.05, 0.1) is 13.1 Å². The van der Waals surface area contributed by atoms with Gasteiger partial charge in [-0.15, -0.1) is 0 Å². The predicted molar refractivity (Wildman–Crippen MR) is 164 cm³/mol. The Hall–Kier alpha value is -4.49. The minimum Gasteiger partial charge on any atom is -0.479 e. The van der Waals surface area contributed by atoms with Crippen molar-refractivity contribution in [3.05, 3.63) is 35.4 Å². The molecule has 2 fully saturated rings. The van der Waals surface area contributed by atoms with E-state index in [0.717, 1.165) is 30.4 Å². The first kappa shape index (κ1) is 32.5. The van der Waals surface area contributed by atoms with Crippen LogP contribution in [0, 0.1) is 5.92 Å². The molecule has 0 aromatic heterocycles. The molecule has 1 aliphatic carbocycles. The van der Waals surface area contributed by atoms with Crippen molar-refractivity contribution < 1.29 is 48.0 Å². The summed E-state index contributed by atoms with van der Waals surface area (Å²) in [5, 5.41) is 15.5. The molecule has 0 spiro atoms. The van der Waals surface area contributed by atoms with Crippen molar-refractivity contribution in [1.29, 1.82) is 0 Å². The van der Waals surface area contributed by atoms with Crippen LogP contribution in [0.1, 0.15) is 76.8 Å². The Labute approximate surface area is 272 Å². The number of carboxylic acids is 1. The number of aliphatic carboxylic acids is 1. The Morgan fingerprint density at radius 3 is 2.68 bits per heavy atom. The number of rotatable bonds is 3. The number of hydrogen-bond acceptors (Lipinski definition) is 9. The lowest BCUT2D eigenvalue weighted by Gasteiger charge is -2.30. The number of carbonyl (C=O) groups is 5. The van der Waals surface area contributed by atoms with Gasteiger partial charge in [-0.05, 0) is 58.1 Å². The van der Waals surface area contributed by atoms with E-state index >= 15 is 0 Å². The van der Waals surface area contributed by atoms with Gasteiger partial charge in [0, 0.05) is 24.4 Å². The predicted octanol–water partition coefficient (Wildman–Crippen LogP) is 3.21. The van der Waals surface area contributed by atoms with E-state index in [9.17, 15) is 29.1 Å². The lowest BCUT2D eigenvalue weighted by Crippen LogP contribution is -2.56. The van der Waals surface area contributed by atoms with Crippen LogP contribution in [0.3, 0.4) is 0 Å². The summed E-state index contributed by atoms with van der Waals surface area (Å²) in [6.45, 7) is 5.69. The summed E-state index contributed by atoms with van der Waals surface area (Å²) in [5.41, 5.74) is -0.523. The van der Waals surface area contributed by atoms with Crippen LogP contribution in [0.5, 0.6) is 11.5 Å². The van der Waals surface area contributed by atoms with Crippen molar-refractivity contribution in [1.82, 2.24) is 20.4 Å². The molecule has 47 heavy (non-hydrogen) atoms. The molecular formula is C33H42N4O10. The summed E-state index contributed by atoms with van der Waals surface area (Å²) in [6.07, 6.45) is 4.99. The number of fused-ring (bicyclic) bond motifs is 5. The fourth-order valence-electron chi connectivity index (χ4n) is 6.79. The van der Waals surface area contributed by atoms with Crippen molar-refractivity contribution in [2.24, 2.45) is 5.92 Å². The van der Waals surface area contributed by atoms with Crippen LogP contribution in [0.25, 0.3) is 0 Å². The van der Waals surface area contributed by atoms with Gasteiger partial charge in [0.25, 0.3) is 0 Å². The number of amides is 4. The monoisotopic (exact) mass is 654 g/mol. The molecule has 4 heterocycles. The van der Waals surface area contributed by atoms with Gasteiger partial charge in [-0.1, -0.05) is 31.1 Å². The Bertz CT molecular complexity index is 1490. The van der Waals surface area contributed by atoms with Crippen molar-refractivity contribution in [2.75, 3.05) is 13.3 Å². The molecule has 1 saturated carbocycles. The normalized spacial score (nSPS) is 29.3. The molecule has 1 unspecified atom stereocenters. The molecule has 0 bridgehead atoms. The second kappa shape index (κ2) is 12.6. The molecule has 4 amide bonds. The largest absolute Gasteiger partial charge is 0.479 e. The van der Waals surface area contributed by atoms with E-state index in [0.29, 0.717) is 30.9 Å². The third kappa shape index (κ3) is 6.82. The summed E-state index contributed by atoms with van der Waals surface area (Å²) >= 11 is 0. The number of carbonyl (C=O) groups excluding carboxylic acids is 4. The molecule has 6 rings (SSSR count). The Morgan fingerprint density at radius 2 is 1.91 bits per heavy atom. The molecule has 14 nitrogen and oxygen atoms in total. The topological polar surface area (TPSA) is 173 Å². The van der Waals surface area contributed by atoms with E-state index in [4.69, 9.17) is 18.9 Å². The van der Waals surface area contributed by atoms with Gasteiger partial charge in [-0.25, -0.2) is 14.4 Å². The molecule has 1 saturated heterocycles. The van der Waals surface area contributed by atoms with Crippen molar-refractivity contribution in [2.45, 2.75) is 108 Å². The first-order chi connectivity index (χ1) is 22.3. The van der Waals surface area contributed by atoms with E-state index in [-0.39, 0.29) is 38.6 Å².